The zero-order valence-electron chi connectivity index (χ0n) is 10.9. The molecule has 3 heteroatoms. The Hall–Kier alpha value is -1.74. The monoisotopic (exact) mass is 261 g/mol. The van der Waals surface area contributed by atoms with E-state index in [4.69, 9.17) is 0 Å². The second-order valence-corrected chi connectivity index (χ2v) is 4.45. The largest absolute Gasteiger partial charge is 0.306 e. The Morgan fingerprint density at radius 3 is 2.21 bits per heavy atom. The first kappa shape index (κ1) is 13.7. The summed E-state index contributed by atoms with van der Waals surface area (Å²) in [6.45, 7) is 2.37. The van der Waals surface area contributed by atoms with Gasteiger partial charge in [-0.1, -0.05) is 43.3 Å². The van der Waals surface area contributed by atoms with Gasteiger partial charge in [0.25, 0.3) is 0 Å². The number of rotatable bonds is 5. The minimum atomic E-state index is -0.238. The SMILES string of the molecule is CCC(NCc1ccccc1F)c1ccccc1F. The van der Waals surface area contributed by atoms with Gasteiger partial charge >= 0.3 is 0 Å². The highest BCUT2D eigenvalue weighted by atomic mass is 19.1. The summed E-state index contributed by atoms with van der Waals surface area (Å²) in [7, 11) is 0. The Balaban J connectivity index is 2.09. The van der Waals surface area contributed by atoms with Crippen LogP contribution in [0.15, 0.2) is 48.5 Å². The first-order chi connectivity index (χ1) is 9.22. The zero-order valence-corrected chi connectivity index (χ0v) is 10.9. The maximum atomic E-state index is 13.7. The molecule has 100 valence electrons. The Morgan fingerprint density at radius 1 is 0.947 bits per heavy atom. The van der Waals surface area contributed by atoms with Gasteiger partial charge in [-0.3, -0.25) is 0 Å². The average molecular weight is 261 g/mol. The summed E-state index contributed by atoms with van der Waals surface area (Å²) in [5.41, 5.74) is 1.22. The van der Waals surface area contributed by atoms with Crippen LogP contribution >= 0.6 is 0 Å². The maximum Gasteiger partial charge on any atom is 0.127 e. The van der Waals surface area contributed by atoms with E-state index in [0.717, 1.165) is 6.42 Å². The van der Waals surface area contributed by atoms with E-state index in [2.05, 4.69) is 5.32 Å². The van der Waals surface area contributed by atoms with Gasteiger partial charge in [0.15, 0.2) is 0 Å². The molecule has 2 aromatic rings. The highest BCUT2D eigenvalue weighted by Crippen LogP contribution is 2.20. The van der Waals surface area contributed by atoms with Gasteiger partial charge in [-0.15, -0.1) is 0 Å². The van der Waals surface area contributed by atoms with Crippen LogP contribution in [-0.4, -0.2) is 0 Å². The summed E-state index contributed by atoms with van der Waals surface area (Å²) in [6, 6.07) is 13.2. The molecule has 1 N–H and O–H groups in total. The molecule has 0 radical (unpaired) electrons. The molecule has 1 atom stereocenters. The molecule has 0 aliphatic rings. The molecule has 1 unspecified atom stereocenters. The Morgan fingerprint density at radius 2 is 1.58 bits per heavy atom. The molecule has 0 heterocycles. The minimum Gasteiger partial charge on any atom is -0.306 e. The average Bonchev–Trinajstić information content (AvgIpc) is 2.43. The minimum absolute atomic E-state index is 0.110. The van der Waals surface area contributed by atoms with Crippen LogP contribution < -0.4 is 5.32 Å². The molecule has 0 aliphatic carbocycles. The van der Waals surface area contributed by atoms with Crippen molar-refractivity contribution in [1.29, 1.82) is 0 Å². The molecule has 0 bridgehead atoms. The third kappa shape index (κ3) is 3.38. The van der Waals surface area contributed by atoms with Crippen LogP contribution in [0.1, 0.15) is 30.5 Å². The van der Waals surface area contributed by atoms with Crippen LogP contribution in [0.2, 0.25) is 0 Å². The van der Waals surface area contributed by atoms with Crippen LogP contribution in [0, 0.1) is 11.6 Å². The van der Waals surface area contributed by atoms with Gasteiger partial charge in [0, 0.05) is 23.7 Å². The van der Waals surface area contributed by atoms with Crippen LogP contribution in [-0.2, 0) is 6.54 Å². The predicted octanol–water partition coefficient (Wildman–Crippen LogP) is 4.21. The van der Waals surface area contributed by atoms with Crippen LogP contribution in [0.5, 0.6) is 0 Å². The van der Waals surface area contributed by atoms with Gasteiger partial charge in [-0.05, 0) is 18.6 Å². The molecule has 0 amide bonds. The first-order valence-electron chi connectivity index (χ1n) is 6.43. The molecule has 2 rings (SSSR count). The van der Waals surface area contributed by atoms with E-state index in [1.165, 1.54) is 12.1 Å². The van der Waals surface area contributed by atoms with Crippen molar-refractivity contribution in [1.82, 2.24) is 5.32 Å². The summed E-state index contributed by atoms with van der Waals surface area (Å²) < 4.78 is 27.2. The molecule has 0 saturated carbocycles. The fourth-order valence-electron chi connectivity index (χ4n) is 2.11. The number of hydrogen-bond acceptors (Lipinski definition) is 1. The van der Waals surface area contributed by atoms with Crippen molar-refractivity contribution in [2.45, 2.75) is 25.9 Å². The number of nitrogens with one attached hydrogen (secondary N) is 1. The van der Waals surface area contributed by atoms with E-state index in [0.29, 0.717) is 17.7 Å². The fraction of sp³-hybridized carbons (Fsp3) is 0.250. The van der Waals surface area contributed by atoms with E-state index in [9.17, 15) is 8.78 Å². The Labute approximate surface area is 112 Å². The molecule has 0 saturated heterocycles. The highest BCUT2D eigenvalue weighted by molar-refractivity contribution is 5.22. The predicted molar refractivity (Wildman–Crippen MR) is 72.7 cm³/mol. The lowest BCUT2D eigenvalue weighted by Crippen LogP contribution is -2.21. The second-order valence-electron chi connectivity index (χ2n) is 4.45. The van der Waals surface area contributed by atoms with E-state index in [1.54, 1.807) is 30.3 Å². The van der Waals surface area contributed by atoms with Gasteiger partial charge in [0.2, 0.25) is 0 Å². The van der Waals surface area contributed by atoms with Crippen molar-refractivity contribution in [3.05, 3.63) is 71.3 Å². The fourth-order valence-corrected chi connectivity index (χ4v) is 2.11. The Bertz CT molecular complexity index is 540. The molecule has 0 fully saturated rings. The van der Waals surface area contributed by atoms with Gasteiger partial charge in [-0.25, -0.2) is 8.78 Å². The quantitative estimate of drug-likeness (QED) is 0.850. The molecular formula is C16H17F2N. The standard InChI is InChI=1S/C16H17F2N/c1-2-16(13-8-4-6-10-15(13)18)19-11-12-7-3-5-9-14(12)17/h3-10,16,19H,2,11H2,1H3. The van der Waals surface area contributed by atoms with Gasteiger partial charge < -0.3 is 5.32 Å². The van der Waals surface area contributed by atoms with E-state index < -0.39 is 0 Å². The summed E-state index contributed by atoms with van der Waals surface area (Å²) in [5, 5.41) is 3.20. The van der Waals surface area contributed by atoms with Crippen molar-refractivity contribution >= 4 is 0 Å². The highest BCUT2D eigenvalue weighted by Gasteiger charge is 2.13. The summed E-state index contributed by atoms with van der Waals surface area (Å²) in [6.07, 6.45) is 0.745. The third-order valence-corrected chi connectivity index (χ3v) is 3.19. The topological polar surface area (TPSA) is 12.0 Å². The normalized spacial score (nSPS) is 12.4. The lowest BCUT2D eigenvalue weighted by Gasteiger charge is -2.18. The molecule has 0 aromatic heterocycles. The van der Waals surface area contributed by atoms with Crippen molar-refractivity contribution < 1.29 is 8.78 Å². The van der Waals surface area contributed by atoms with Gasteiger partial charge in [0.05, 0.1) is 0 Å². The number of benzene rings is 2. The van der Waals surface area contributed by atoms with Crippen LogP contribution in [0.25, 0.3) is 0 Å². The van der Waals surface area contributed by atoms with Crippen molar-refractivity contribution in [2.75, 3.05) is 0 Å². The lowest BCUT2D eigenvalue weighted by atomic mass is 10.0. The summed E-state index contributed by atoms with van der Waals surface area (Å²) >= 11 is 0. The van der Waals surface area contributed by atoms with Crippen molar-refractivity contribution in [3.8, 4) is 0 Å². The van der Waals surface area contributed by atoms with Crippen molar-refractivity contribution in [3.63, 3.8) is 0 Å². The molecule has 0 spiro atoms. The molecule has 19 heavy (non-hydrogen) atoms. The van der Waals surface area contributed by atoms with E-state index >= 15 is 0 Å². The lowest BCUT2D eigenvalue weighted by molar-refractivity contribution is 0.479. The molecule has 0 aliphatic heterocycles. The van der Waals surface area contributed by atoms with Crippen LogP contribution in [0.4, 0.5) is 8.78 Å². The van der Waals surface area contributed by atoms with Crippen LogP contribution in [0.3, 0.4) is 0 Å². The molecular weight excluding hydrogens is 244 g/mol. The summed E-state index contributed by atoms with van der Waals surface area (Å²) in [4.78, 5) is 0. The molecule has 1 nitrogen and oxygen atoms in total. The van der Waals surface area contributed by atoms with Gasteiger partial charge in [0.1, 0.15) is 11.6 Å². The first-order valence-corrected chi connectivity index (χ1v) is 6.43. The third-order valence-electron chi connectivity index (χ3n) is 3.19. The maximum absolute atomic E-state index is 13.7. The van der Waals surface area contributed by atoms with Gasteiger partial charge in [-0.2, -0.15) is 0 Å². The second kappa shape index (κ2) is 6.43. The Kier molecular flexibility index (Phi) is 4.63. The number of halogens is 2. The van der Waals surface area contributed by atoms with Crippen molar-refractivity contribution in [2.24, 2.45) is 0 Å². The zero-order chi connectivity index (χ0) is 13.7. The molecule has 2 aromatic carbocycles. The smallest absolute Gasteiger partial charge is 0.127 e. The number of hydrogen-bond donors (Lipinski definition) is 1. The van der Waals surface area contributed by atoms with E-state index in [-0.39, 0.29) is 17.7 Å². The summed E-state index contributed by atoms with van der Waals surface area (Å²) in [5.74, 6) is -0.464. The van der Waals surface area contributed by atoms with E-state index in [1.807, 2.05) is 13.0 Å².